The smallest absolute Gasteiger partial charge is 0.316 e. The highest BCUT2D eigenvalue weighted by Gasteiger charge is 2.01. The van der Waals surface area contributed by atoms with Gasteiger partial charge in [-0.15, -0.1) is 0 Å². The van der Waals surface area contributed by atoms with Crippen LogP contribution in [0.25, 0.3) is 0 Å². The van der Waals surface area contributed by atoms with E-state index < -0.39 is 0 Å². The molecule has 2 N–H and O–H groups in total. The van der Waals surface area contributed by atoms with Crippen molar-refractivity contribution in [3.63, 3.8) is 0 Å². The maximum Gasteiger partial charge on any atom is 0.316 e. The first-order valence-corrected chi connectivity index (χ1v) is 5.67. The van der Waals surface area contributed by atoms with Gasteiger partial charge in [-0.05, 0) is 18.6 Å². The average Bonchev–Trinajstić information content (AvgIpc) is 2.30. The van der Waals surface area contributed by atoms with Gasteiger partial charge >= 0.3 is 6.03 Å². The monoisotopic (exact) mass is 236 g/mol. The largest absolute Gasteiger partial charge is 0.337 e. The summed E-state index contributed by atoms with van der Waals surface area (Å²) in [6, 6.07) is 3.90. The number of amides is 2. The summed E-state index contributed by atoms with van der Waals surface area (Å²) in [7, 11) is 3.44. The minimum Gasteiger partial charge on any atom is -0.337 e. The Morgan fingerprint density at radius 3 is 2.82 bits per heavy atom. The number of nitrogens with one attached hydrogen (secondary N) is 2. The molecule has 1 aromatic heterocycles. The first kappa shape index (κ1) is 13.4. The molecular formula is C12H20N4O. The molecule has 0 aliphatic carbocycles. The van der Waals surface area contributed by atoms with Crippen molar-refractivity contribution in [3.05, 3.63) is 29.6 Å². The molecule has 0 bridgehead atoms. The van der Waals surface area contributed by atoms with Gasteiger partial charge in [-0.2, -0.15) is 0 Å². The third kappa shape index (κ3) is 4.82. The van der Waals surface area contributed by atoms with Crippen molar-refractivity contribution < 1.29 is 4.79 Å². The zero-order chi connectivity index (χ0) is 12.7. The fraction of sp³-hybridized carbons (Fsp3) is 0.500. The number of hydrogen-bond acceptors (Lipinski definition) is 3. The van der Waals surface area contributed by atoms with Crippen molar-refractivity contribution >= 4 is 6.03 Å². The van der Waals surface area contributed by atoms with E-state index in [0.717, 1.165) is 18.8 Å². The molecule has 5 nitrogen and oxygen atoms in total. The number of aryl methyl sites for hydroxylation is 1. The van der Waals surface area contributed by atoms with Gasteiger partial charge in [0.05, 0.1) is 5.69 Å². The Balaban J connectivity index is 2.17. The molecule has 0 saturated heterocycles. The number of pyridine rings is 1. The van der Waals surface area contributed by atoms with Crippen LogP contribution in [0.3, 0.4) is 0 Å². The molecule has 0 spiro atoms. The Hall–Kier alpha value is -1.62. The van der Waals surface area contributed by atoms with Crippen molar-refractivity contribution in [2.75, 3.05) is 27.2 Å². The van der Waals surface area contributed by atoms with Crippen molar-refractivity contribution in [2.24, 2.45) is 0 Å². The van der Waals surface area contributed by atoms with Crippen LogP contribution < -0.4 is 10.6 Å². The molecule has 0 radical (unpaired) electrons. The standard InChI is InChI=1S/C12H20N4O/c1-10-5-4-6-14-11(10)9-13-7-8-15-12(17)16(2)3/h4-6,13H,7-9H2,1-3H3,(H,15,17). The number of carbonyl (C=O) groups excluding carboxylic acids is 1. The van der Waals surface area contributed by atoms with Crippen LogP contribution in [0.1, 0.15) is 11.3 Å². The highest BCUT2D eigenvalue weighted by Crippen LogP contribution is 2.01. The minimum absolute atomic E-state index is 0.0687. The number of nitrogens with zero attached hydrogens (tertiary/aromatic N) is 2. The summed E-state index contributed by atoms with van der Waals surface area (Å²) in [4.78, 5) is 17.0. The van der Waals surface area contributed by atoms with Crippen LogP contribution in [0.15, 0.2) is 18.3 Å². The number of carbonyl (C=O) groups is 1. The molecule has 0 aliphatic heterocycles. The molecule has 2 amide bonds. The van der Waals surface area contributed by atoms with Gasteiger partial charge in [0.1, 0.15) is 0 Å². The predicted octanol–water partition coefficient (Wildman–Crippen LogP) is 0.751. The van der Waals surface area contributed by atoms with Gasteiger partial charge in [-0.1, -0.05) is 6.07 Å². The van der Waals surface area contributed by atoms with Gasteiger partial charge in [-0.3, -0.25) is 4.98 Å². The van der Waals surface area contributed by atoms with E-state index in [1.54, 1.807) is 20.3 Å². The Kier molecular flexibility index (Phi) is 5.42. The number of aromatic nitrogens is 1. The van der Waals surface area contributed by atoms with E-state index in [4.69, 9.17) is 0 Å². The zero-order valence-electron chi connectivity index (χ0n) is 10.7. The normalized spacial score (nSPS) is 10.1. The maximum absolute atomic E-state index is 11.2. The second kappa shape index (κ2) is 6.85. The second-order valence-corrected chi connectivity index (χ2v) is 4.07. The first-order chi connectivity index (χ1) is 8.11. The Morgan fingerprint density at radius 1 is 1.41 bits per heavy atom. The third-order valence-electron chi connectivity index (χ3n) is 2.39. The molecule has 0 atom stereocenters. The molecule has 0 aromatic carbocycles. The molecule has 17 heavy (non-hydrogen) atoms. The molecule has 0 unspecified atom stereocenters. The van der Waals surface area contributed by atoms with E-state index in [0.29, 0.717) is 6.54 Å². The highest BCUT2D eigenvalue weighted by molar-refractivity contribution is 5.73. The topological polar surface area (TPSA) is 57.3 Å². The van der Waals surface area contributed by atoms with Crippen molar-refractivity contribution in [1.82, 2.24) is 20.5 Å². The van der Waals surface area contributed by atoms with Crippen LogP contribution in [0.5, 0.6) is 0 Å². The lowest BCUT2D eigenvalue weighted by Gasteiger charge is -2.12. The zero-order valence-corrected chi connectivity index (χ0v) is 10.7. The lowest BCUT2D eigenvalue weighted by atomic mass is 10.2. The van der Waals surface area contributed by atoms with E-state index in [2.05, 4.69) is 15.6 Å². The molecule has 0 aliphatic rings. The summed E-state index contributed by atoms with van der Waals surface area (Å²) in [6.45, 7) is 4.11. The molecule has 94 valence electrons. The molecule has 0 fully saturated rings. The lowest BCUT2D eigenvalue weighted by Crippen LogP contribution is -2.38. The van der Waals surface area contributed by atoms with Gasteiger partial charge in [-0.25, -0.2) is 4.79 Å². The molecule has 5 heteroatoms. The Labute approximate surface area is 102 Å². The van der Waals surface area contributed by atoms with E-state index in [-0.39, 0.29) is 6.03 Å². The average molecular weight is 236 g/mol. The van der Waals surface area contributed by atoms with Crippen LogP contribution in [0.2, 0.25) is 0 Å². The summed E-state index contributed by atoms with van der Waals surface area (Å²) in [6.07, 6.45) is 1.79. The summed E-state index contributed by atoms with van der Waals surface area (Å²) in [5.74, 6) is 0. The molecule has 1 aromatic rings. The second-order valence-electron chi connectivity index (χ2n) is 4.07. The van der Waals surface area contributed by atoms with E-state index in [9.17, 15) is 4.79 Å². The van der Waals surface area contributed by atoms with Crippen LogP contribution >= 0.6 is 0 Å². The van der Waals surface area contributed by atoms with E-state index in [1.165, 1.54) is 10.5 Å². The maximum atomic E-state index is 11.2. The number of hydrogen-bond donors (Lipinski definition) is 2. The van der Waals surface area contributed by atoms with E-state index in [1.807, 2.05) is 19.1 Å². The minimum atomic E-state index is -0.0687. The fourth-order valence-electron chi connectivity index (χ4n) is 1.33. The molecular weight excluding hydrogens is 216 g/mol. The van der Waals surface area contributed by atoms with Crippen LogP contribution in [-0.4, -0.2) is 43.1 Å². The fourth-order valence-corrected chi connectivity index (χ4v) is 1.33. The third-order valence-corrected chi connectivity index (χ3v) is 2.39. The molecule has 1 heterocycles. The lowest BCUT2D eigenvalue weighted by molar-refractivity contribution is 0.217. The van der Waals surface area contributed by atoms with Gasteiger partial charge in [0.2, 0.25) is 0 Å². The Bertz CT molecular complexity index is 365. The Morgan fingerprint density at radius 2 is 2.18 bits per heavy atom. The van der Waals surface area contributed by atoms with Gasteiger partial charge in [0, 0.05) is 39.9 Å². The van der Waals surface area contributed by atoms with Crippen LogP contribution in [0.4, 0.5) is 4.79 Å². The van der Waals surface area contributed by atoms with E-state index >= 15 is 0 Å². The summed E-state index contributed by atoms with van der Waals surface area (Å²) in [5, 5.41) is 6.03. The summed E-state index contributed by atoms with van der Waals surface area (Å²) in [5.41, 5.74) is 2.23. The van der Waals surface area contributed by atoms with Crippen molar-refractivity contribution in [1.29, 1.82) is 0 Å². The number of urea groups is 1. The summed E-state index contributed by atoms with van der Waals surface area (Å²) >= 11 is 0. The molecule has 1 rings (SSSR count). The highest BCUT2D eigenvalue weighted by atomic mass is 16.2. The van der Waals surface area contributed by atoms with Crippen molar-refractivity contribution in [3.8, 4) is 0 Å². The quantitative estimate of drug-likeness (QED) is 0.742. The van der Waals surface area contributed by atoms with Gasteiger partial charge < -0.3 is 15.5 Å². The SMILES string of the molecule is Cc1cccnc1CNCCNC(=O)N(C)C. The molecule has 0 saturated carbocycles. The summed E-state index contributed by atoms with van der Waals surface area (Å²) < 4.78 is 0. The van der Waals surface area contributed by atoms with Gasteiger partial charge in [0.15, 0.2) is 0 Å². The van der Waals surface area contributed by atoms with Crippen LogP contribution in [0, 0.1) is 6.92 Å². The van der Waals surface area contributed by atoms with Gasteiger partial charge in [0.25, 0.3) is 0 Å². The van der Waals surface area contributed by atoms with Crippen molar-refractivity contribution in [2.45, 2.75) is 13.5 Å². The first-order valence-electron chi connectivity index (χ1n) is 5.67. The predicted molar refractivity (Wildman–Crippen MR) is 67.8 cm³/mol. The van der Waals surface area contributed by atoms with Crippen LogP contribution in [-0.2, 0) is 6.54 Å². The number of rotatable bonds is 5.